The minimum atomic E-state index is -1.43. The Bertz CT molecular complexity index is 656. The molecule has 2 aromatic rings. The number of aromatic nitrogens is 1. The molecule has 1 aromatic carbocycles. The molecule has 0 aliphatic carbocycles. The maximum absolute atomic E-state index is 13.4. The highest BCUT2D eigenvalue weighted by molar-refractivity contribution is 6.01. The van der Waals surface area contributed by atoms with Gasteiger partial charge in [0.1, 0.15) is 28.7 Å². The fraction of sp³-hybridized carbons (Fsp3) is 0. The van der Waals surface area contributed by atoms with E-state index in [-0.39, 0.29) is 0 Å². The van der Waals surface area contributed by atoms with E-state index in [9.17, 15) is 22.8 Å². The van der Waals surface area contributed by atoms with E-state index in [0.29, 0.717) is 16.7 Å². The zero-order valence-electron chi connectivity index (χ0n) is 9.23. The highest BCUT2D eigenvalue weighted by atomic mass is 19.1. The van der Waals surface area contributed by atoms with Crippen LogP contribution in [0, 0.1) is 17.5 Å². The lowest BCUT2D eigenvalue weighted by atomic mass is 10.1. The van der Waals surface area contributed by atoms with Gasteiger partial charge in [0.25, 0.3) is 5.91 Å². The van der Waals surface area contributed by atoms with Crippen molar-refractivity contribution in [3.63, 3.8) is 0 Å². The lowest BCUT2D eigenvalue weighted by Crippen LogP contribution is -2.19. The van der Waals surface area contributed by atoms with E-state index in [1.54, 1.807) is 0 Å². The van der Waals surface area contributed by atoms with Gasteiger partial charge in [0.2, 0.25) is 0 Å². The van der Waals surface area contributed by atoms with E-state index in [1.807, 2.05) is 0 Å². The van der Waals surface area contributed by atoms with Gasteiger partial charge in [-0.15, -0.1) is 0 Å². The molecule has 0 saturated heterocycles. The maximum Gasteiger partial charge on any atom is 0.352 e. The van der Waals surface area contributed by atoms with E-state index in [4.69, 9.17) is 5.11 Å². The third-order valence-electron chi connectivity index (χ3n) is 2.41. The molecule has 0 bridgehead atoms. The van der Waals surface area contributed by atoms with Gasteiger partial charge in [-0.3, -0.25) is 9.36 Å². The molecule has 1 aromatic heterocycles. The molecule has 0 aliphatic heterocycles. The van der Waals surface area contributed by atoms with E-state index in [1.165, 1.54) is 6.07 Å². The molecule has 1 heterocycles. The minimum absolute atomic E-state index is 0.347. The highest BCUT2D eigenvalue weighted by Crippen LogP contribution is 2.17. The number of hydrogen-bond acceptors (Lipinski definition) is 2. The third kappa shape index (κ3) is 2.22. The van der Waals surface area contributed by atoms with Gasteiger partial charge >= 0.3 is 5.97 Å². The maximum atomic E-state index is 13.4. The second-order valence-corrected chi connectivity index (χ2v) is 3.62. The third-order valence-corrected chi connectivity index (χ3v) is 2.41. The van der Waals surface area contributed by atoms with Crippen molar-refractivity contribution in [3.05, 3.63) is 59.2 Å². The van der Waals surface area contributed by atoms with Crippen molar-refractivity contribution in [2.75, 3.05) is 0 Å². The number of carboxylic acids is 1. The van der Waals surface area contributed by atoms with Gasteiger partial charge in [0.05, 0.1) is 0 Å². The lowest BCUT2D eigenvalue weighted by molar-refractivity contribution is 0.0676. The van der Waals surface area contributed by atoms with Crippen LogP contribution in [-0.2, 0) is 0 Å². The molecule has 0 amide bonds. The van der Waals surface area contributed by atoms with E-state index in [2.05, 4.69) is 0 Å². The molecule has 0 unspecified atom stereocenters. The quantitative estimate of drug-likeness (QED) is 0.909. The molecule has 0 atom stereocenters. The first-order chi connectivity index (χ1) is 8.91. The predicted molar refractivity (Wildman–Crippen MR) is 57.4 cm³/mol. The molecule has 0 radical (unpaired) electrons. The summed E-state index contributed by atoms with van der Waals surface area (Å²) in [6.45, 7) is 0. The number of carbonyl (C=O) groups is 2. The second-order valence-electron chi connectivity index (χ2n) is 3.62. The van der Waals surface area contributed by atoms with E-state index >= 15 is 0 Å². The summed E-state index contributed by atoms with van der Waals surface area (Å²) in [7, 11) is 0. The molecular formula is C12H6F3NO3. The zero-order chi connectivity index (χ0) is 14.2. The van der Waals surface area contributed by atoms with Gasteiger partial charge in [-0.25, -0.2) is 18.0 Å². The normalized spacial score (nSPS) is 10.5. The Balaban J connectivity index is 2.57. The van der Waals surface area contributed by atoms with Crippen molar-refractivity contribution in [2.45, 2.75) is 0 Å². The van der Waals surface area contributed by atoms with Gasteiger partial charge in [0, 0.05) is 18.3 Å². The molecule has 7 heteroatoms. The first kappa shape index (κ1) is 12.9. The van der Waals surface area contributed by atoms with Crippen molar-refractivity contribution < 1.29 is 27.9 Å². The van der Waals surface area contributed by atoms with Gasteiger partial charge in [0.15, 0.2) is 0 Å². The smallest absolute Gasteiger partial charge is 0.352 e. The molecule has 0 saturated carbocycles. The molecule has 4 nitrogen and oxygen atoms in total. The van der Waals surface area contributed by atoms with Crippen LogP contribution in [0.2, 0.25) is 0 Å². The van der Waals surface area contributed by atoms with Crippen LogP contribution < -0.4 is 0 Å². The fourth-order valence-corrected chi connectivity index (χ4v) is 1.60. The van der Waals surface area contributed by atoms with E-state index < -0.39 is 40.6 Å². The molecule has 19 heavy (non-hydrogen) atoms. The molecule has 98 valence electrons. The van der Waals surface area contributed by atoms with Crippen LogP contribution in [0.3, 0.4) is 0 Å². The first-order valence-corrected chi connectivity index (χ1v) is 5.01. The average molecular weight is 269 g/mol. The number of carbonyl (C=O) groups excluding carboxylic acids is 1. The Morgan fingerprint density at radius 1 is 1.11 bits per heavy atom. The van der Waals surface area contributed by atoms with Gasteiger partial charge in [-0.1, -0.05) is 0 Å². The first-order valence-electron chi connectivity index (χ1n) is 5.01. The van der Waals surface area contributed by atoms with Crippen LogP contribution in [0.15, 0.2) is 30.5 Å². The van der Waals surface area contributed by atoms with Crippen molar-refractivity contribution in [2.24, 2.45) is 0 Å². The average Bonchev–Trinajstić information content (AvgIpc) is 2.75. The molecule has 2 rings (SSSR count). The summed E-state index contributed by atoms with van der Waals surface area (Å²) < 4.78 is 40.2. The van der Waals surface area contributed by atoms with Crippen molar-refractivity contribution >= 4 is 11.9 Å². The summed E-state index contributed by atoms with van der Waals surface area (Å²) in [4.78, 5) is 22.7. The lowest BCUT2D eigenvalue weighted by Gasteiger charge is -2.07. The number of nitrogens with zero attached hydrogens (tertiary/aromatic N) is 1. The molecule has 1 N–H and O–H groups in total. The number of aromatic carboxylic acids is 1. The Kier molecular flexibility index (Phi) is 3.12. The standard InChI is InChI=1S/C12H6F3NO3/c13-6-4-7(14)10(8(15)5-6)11(17)16-3-1-2-9(16)12(18)19/h1-5H,(H,18,19). The Labute approximate surface area is 104 Å². The molecule has 0 aliphatic rings. The summed E-state index contributed by atoms with van der Waals surface area (Å²) in [5.74, 6) is -6.61. The van der Waals surface area contributed by atoms with Gasteiger partial charge in [-0.05, 0) is 12.1 Å². The summed E-state index contributed by atoms with van der Waals surface area (Å²) in [6, 6.07) is 3.03. The highest BCUT2D eigenvalue weighted by Gasteiger charge is 2.23. The van der Waals surface area contributed by atoms with Crippen LogP contribution >= 0.6 is 0 Å². The predicted octanol–water partition coefficient (Wildman–Crippen LogP) is 2.29. The molecular weight excluding hydrogens is 263 g/mol. The molecule has 0 fully saturated rings. The number of carboxylic acid groups (broad SMARTS) is 1. The van der Waals surface area contributed by atoms with Crippen molar-refractivity contribution in [1.29, 1.82) is 0 Å². The number of rotatable bonds is 2. The Morgan fingerprint density at radius 2 is 1.68 bits per heavy atom. The largest absolute Gasteiger partial charge is 0.477 e. The fourth-order valence-electron chi connectivity index (χ4n) is 1.60. The van der Waals surface area contributed by atoms with Crippen molar-refractivity contribution in [1.82, 2.24) is 4.57 Å². The van der Waals surface area contributed by atoms with Crippen molar-refractivity contribution in [3.8, 4) is 0 Å². The van der Waals surface area contributed by atoms with Crippen LogP contribution in [0.25, 0.3) is 0 Å². The van der Waals surface area contributed by atoms with Crippen LogP contribution in [-0.4, -0.2) is 21.6 Å². The Hall–Kier alpha value is -2.57. The van der Waals surface area contributed by atoms with E-state index in [0.717, 1.165) is 12.3 Å². The Morgan fingerprint density at radius 3 is 2.21 bits per heavy atom. The summed E-state index contributed by atoms with van der Waals surface area (Å²) >= 11 is 0. The van der Waals surface area contributed by atoms with Crippen LogP contribution in [0.1, 0.15) is 20.8 Å². The minimum Gasteiger partial charge on any atom is -0.477 e. The second kappa shape index (κ2) is 4.60. The van der Waals surface area contributed by atoms with Gasteiger partial charge < -0.3 is 5.11 Å². The summed E-state index contributed by atoms with van der Waals surface area (Å²) in [6.07, 6.45) is 1.05. The summed E-state index contributed by atoms with van der Waals surface area (Å²) in [5.41, 5.74) is -1.46. The zero-order valence-corrected chi connectivity index (χ0v) is 9.23. The number of halogens is 3. The topological polar surface area (TPSA) is 59.3 Å². The molecule has 0 spiro atoms. The van der Waals surface area contributed by atoms with Crippen LogP contribution in [0.5, 0.6) is 0 Å². The SMILES string of the molecule is O=C(O)c1cccn1C(=O)c1c(F)cc(F)cc1F. The number of benzene rings is 1. The monoisotopic (exact) mass is 269 g/mol. The number of hydrogen-bond donors (Lipinski definition) is 1. The summed E-state index contributed by atoms with van der Waals surface area (Å²) in [5, 5.41) is 8.81. The van der Waals surface area contributed by atoms with Crippen LogP contribution in [0.4, 0.5) is 13.2 Å². The van der Waals surface area contributed by atoms with Gasteiger partial charge in [-0.2, -0.15) is 0 Å².